The van der Waals surface area contributed by atoms with Crippen molar-refractivity contribution in [3.05, 3.63) is 23.8 Å². The zero-order valence-electron chi connectivity index (χ0n) is 19.2. The van der Waals surface area contributed by atoms with Crippen molar-refractivity contribution >= 4 is 0 Å². The van der Waals surface area contributed by atoms with Crippen molar-refractivity contribution in [1.29, 1.82) is 0 Å². The molecule has 3 aliphatic carbocycles. The molecule has 0 bridgehead atoms. The zero-order chi connectivity index (χ0) is 20.3. The van der Waals surface area contributed by atoms with Gasteiger partial charge in [0.15, 0.2) is 0 Å². The number of rotatable bonds is 7. The lowest BCUT2D eigenvalue weighted by Gasteiger charge is -2.47. The van der Waals surface area contributed by atoms with Crippen LogP contribution in [0.3, 0.4) is 0 Å². The maximum absolute atomic E-state index is 10.0. The second kappa shape index (κ2) is 9.50. The molecule has 3 saturated carbocycles. The van der Waals surface area contributed by atoms with Crippen LogP contribution in [-0.2, 0) is 0 Å². The van der Waals surface area contributed by atoms with E-state index in [-0.39, 0.29) is 6.10 Å². The van der Waals surface area contributed by atoms with Crippen LogP contribution in [0.15, 0.2) is 23.8 Å². The van der Waals surface area contributed by atoms with Gasteiger partial charge in [-0.25, -0.2) is 0 Å². The summed E-state index contributed by atoms with van der Waals surface area (Å²) in [6.45, 7) is 14.2. The third-order valence-corrected chi connectivity index (χ3v) is 8.83. The Morgan fingerprint density at radius 1 is 1.14 bits per heavy atom. The predicted octanol–water partition coefficient (Wildman–Crippen LogP) is 7.70. The Morgan fingerprint density at radius 2 is 1.93 bits per heavy atom. The molecule has 6 atom stereocenters. The van der Waals surface area contributed by atoms with Gasteiger partial charge in [0.05, 0.1) is 6.10 Å². The first-order valence-electron chi connectivity index (χ1n) is 12.4. The van der Waals surface area contributed by atoms with E-state index in [2.05, 4.69) is 40.3 Å². The second-order valence-corrected chi connectivity index (χ2v) is 11.2. The maximum atomic E-state index is 10.0. The summed E-state index contributed by atoms with van der Waals surface area (Å²) in [6, 6.07) is 0. The summed E-state index contributed by atoms with van der Waals surface area (Å²) in [5, 5.41) is 10.0. The minimum atomic E-state index is -0.143. The van der Waals surface area contributed by atoms with Crippen molar-refractivity contribution in [1.82, 2.24) is 0 Å². The highest BCUT2D eigenvalue weighted by atomic mass is 16.3. The van der Waals surface area contributed by atoms with Gasteiger partial charge >= 0.3 is 0 Å². The van der Waals surface area contributed by atoms with Gasteiger partial charge in [0.1, 0.15) is 0 Å². The van der Waals surface area contributed by atoms with Crippen LogP contribution < -0.4 is 0 Å². The number of hydrogen-bond donors (Lipinski definition) is 1. The quantitative estimate of drug-likeness (QED) is 0.475. The standard InChI is InChI=1S/C27H46O/c1-19(2)8-6-9-21(4)25-15-16-26-22(10-7-17-27(25,26)5)12-13-23-18-24(28)14-11-20(23)3/h13,19,21-22,24-26,28H,3,6-12,14-18H2,1-2,4-5H3/b23-13-/t21-,22?,24+,25-,26+,27-/m1/s1. The van der Waals surface area contributed by atoms with Gasteiger partial charge in [-0.3, -0.25) is 0 Å². The van der Waals surface area contributed by atoms with E-state index in [1.54, 1.807) is 0 Å². The maximum Gasteiger partial charge on any atom is 0.0583 e. The molecule has 0 amide bonds. The van der Waals surface area contributed by atoms with Gasteiger partial charge in [0, 0.05) is 0 Å². The van der Waals surface area contributed by atoms with Crippen LogP contribution in [0.2, 0.25) is 0 Å². The van der Waals surface area contributed by atoms with Crippen molar-refractivity contribution in [3.8, 4) is 0 Å². The summed E-state index contributed by atoms with van der Waals surface area (Å²) in [5.41, 5.74) is 3.22. The average Bonchev–Trinajstić information content (AvgIpc) is 2.99. The minimum Gasteiger partial charge on any atom is -0.393 e. The first kappa shape index (κ1) is 22.1. The molecule has 160 valence electrons. The molecule has 0 aliphatic heterocycles. The van der Waals surface area contributed by atoms with E-state index in [9.17, 15) is 5.11 Å². The molecule has 1 heteroatoms. The summed E-state index contributed by atoms with van der Waals surface area (Å²) >= 11 is 0. The fourth-order valence-electron chi connectivity index (χ4n) is 7.17. The number of hydrogen-bond acceptors (Lipinski definition) is 1. The zero-order valence-corrected chi connectivity index (χ0v) is 19.2. The largest absolute Gasteiger partial charge is 0.393 e. The normalized spacial score (nSPS) is 38.8. The molecule has 3 rings (SSSR count). The highest BCUT2D eigenvalue weighted by molar-refractivity contribution is 5.31. The van der Waals surface area contributed by atoms with E-state index in [0.717, 1.165) is 48.9 Å². The van der Waals surface area contributed by atoms with Crippen molar-refractivity contribution in [2.75, 3.05) is 0 Å². The van der Waals surface area contributed by atoms with E-state index in [1.165, 1.54) is 68.9 Å². The van der Waals surface area contributed by atoms with Crippen molar-refractivity contribution in [2.24, 2.45) is 35.0 Å². The average molecular weight is 387 g/mol. The van der Waals surface area contributed by atoms with Crippen molar-refractivity contribution in [3.63, 3.8) is 0 Å². The fourth-order valence-corrected chi connectivity index (χ4v) is 7.17. The van der Waals surface area contributed by atoms with Gasteiger partial charge in [0.25, 0.3) is 0 Å². The third-order valence-electron chi connectivity index (χ3n) is 8.83. The molecule has 3 fully saturated rings. The summed E-state index contributed by atoms with van der Waals surface area (Å²) in [7, 11) is 0. The molecule has 1 nitrogen and oxygen atoms in total. The molecule has 1 N–H and O–H groups in total. The van der Waals surface area contributed by atoms with Crippen LogP contribution in [0.25, 0.3) is 0 Å². The lowest BCUT2D eigenvalue weighted by Crippen LogP contribution is -2.39. The van der Waals surface area contributed by atoms with Gasteiger partial charge in [-0.1, -0.05) is 71.6 Å². The second-order valence-electron chi connectivity index (χ2n) is 11.2. The summed E-state index contributed by atoms with van der Waals surface area (Å²) in [6.07, 6.45) is 17.7. The van der Waals surface area contributed by atoms with Gasteiger partial charge in [-0.15, -0.1) is 0 Å². The molecule has 0 heterocycles. The van der Waals surface area contributed by atoms with Crippen LogP contribution in [0.1, 0.15) is 105 Å². The van der Waals surface area contributed by atoms with Crippen molar-refractivity contribution < 1.29 is 5.11 Å². The molecule has 0 aromatic heterocycles. The lowest BCUT2D eigenvalue weighted by atomic mass is 9.58. The Bertz CT molecular complexity index is 559. The molecule has 3 aliphatic rings. The number of aliphatic hydroxyl groups excluding tert-OH is 1. The number of aliphatic hydroxyl groups is 1. The summed E-state index contributed by atoms with van der Waals surface area (Å²) in [5.74, 6) is 4.44. The number of allylic oxidation sites excluding steroid dienone is 2. The molecular formula is C27H46O. The predicted molar refractivity (Wildman–Crippen MR) is 121 cm³/mol. The monoisotopic (exact) mass is 386 g/mol. The molecule has 0 aromatic rings. The summed E-state index contributed by atoms with van der Waals surface area (Å²) < 4.78 is 0. The lowest BCUT2D eigenvalue weighted by molar-refractivity contribution is 0.0292. The third kappa shape index (κ3) is 4.94. The van der Waals surface area contributed by atoms with E-state index < -0.39 is 0 Å². The van der Waals surface area contributed by atoms with E-state index in [0.29, 0.717) is 5.41 Å². The van der Waals surface area contributed by atoms with E-state index in [1.807, 2.05) is 0 Å². The smallest absolute Gasteiger partial charge is 0.0583 e. The fraction of sp³-hybridized carbons (Fsp3) is 0.852. The molecule has 28 heavy (non-hydrogen) atoms. The van der Waals surface area contributed by atoms with E-state index >= 15 is 0 Å². The van der Waals surface area contributed by atoms with Crippen LogP contribution >= 0.6 is 0 Å². The first-order chi connectivity index (χ1) is 13.3. The van der Waals surface area contributed by atoms with Gasteiger partial charge in [-0.2, -0.15) is 0 Å². The Balaban J connectivity index is 1.62. The molecule has 0 aromatic carbocycles. The van der Waals surface area contributed by atoms with Gasteiger partial charge in [0.2, 0.25) is 0 Å². The Labute approximate surface area is 175 Å². The topological polar surface area (TPSA) is 20.2 Å². The van der Waals surface area contributed by atoms with Crippen LogP contribution in [-0.4, -0.2) is 11.2 Å². The van der Waals surface area contributed by atoms with Crippen LogP contribution in [0.5, 0.6) is 0 Å². The Hall–Kier alpha value is -0.560. The molecule has 0 spiro atoms. The molecule has 0 radical (unpaired) electrons. The van der Waals surface area contributed by atoms with E-state index in [4.69, 9.17) is 0 Å². The molecule has 1 unspecified atom stereocenters. The van der Waals surface area contributed by atoms with Gasteiger partial charge < -0.3 is 5.11 Å². The Morgan fingerprint density at radius 3 is 2.68 bits per heavy atom. The molecule has 0 saturated heterocycles. The van der Waals surface area contributed by atoms with Gasteiger partial charge in [-0.05, 0) is 91.9 Å². The first-order valence-corrected chi connectivity index (χ1v) is 12.4. The van der Waals surface area contributed by atoms with Crippen LogP contribution in [0, 0.1) is 35.0 Å². The highest BCUT2D eigenvalue weighted by Gasteiger charge is 2.51. The summed E-state index contributed by atoms with van der Waals surface area (Å²) in [4.78, 5) is 0. The SMILES string of the molecule is C=C1CC[C@H](O)C/C1=C/CC1CCC[C@]2(C)[C@@H]([C@H](C)CCCC(C)C)CC[C@@H]12. The van der Waals surface area contributed by atoms with Crippen molar-refractivity contribution in [2.45, 2.75) is 111 Å². The highest BCUT2D eigenvalue weighted by Crippen LogP contribution is 2.60. The van der Waals surface area contributed by atoms with Crippen LogP contribution in [0.4, 0.5) is 0 Å². The number of fused-ring (bicyclic) bond motifs is 1. The minimum absolute atomic E-state index is 0.143. The Kier molecular flexibility index (Phi) is 7.51. The molecular weight excluding hydrogens is 340 g/mol.